The molecule has 0 saturated carbocycles. The molecular weight excluding hydrogens is 326 g/mol. The molecule has 0 bridgehead atoms. The molecule has 0 spiro atoms. The Bertz CT molecular complexity index is 450. The Morgan fingerprint density at radius 3 is 2.89 bits per heavy atom. The van der Waals surface area contributed by atoms with E-state index in [2.05, 4.69) is 26.1 Å². The SMILES string of the molecule is Nc1ccc(Br)cc1C(=O)NCCN1CCSCC1. The fourth-order valence-corrected chi connectivity index (χ4v) is 3.31. The highest BCUT2D eigenvalue weighted by Crippen LogP contribution is 2.18. The molecule has 4 nitrogen and oxygen atoms in total. The number of hydrogen-bond donors (Lipinski definition) is 2. The van der Waals surface area contributed by atoms with Crippen LogP contribution >= 0.6 is 27.7 Å². The van der Waals surface area contributed by atoms with Gasteiger partial charge < -0.3 is 11.1 Å². The van der Waals surface area contributed by atoms with E-state index in [1.807, 2.05) is 17.8 Å². The Morgan fingerprint density at radius 1 is 1.42 bits per heavy atom. The number of hydrogen-bond acceptors (Lipinski definition) is 4. The van der Waals surface area contributed by atoms with Gasteiger partial charge in [-0.25, -0.2) is 0 Å². The third-order valence-corrected chi connectivity index (χ3v) is 4.51. The van der Waals surface area contributed by atoms with Gasteiger partial charge in [-0.15, -0.1) is 0 Å². The Morgan fingerprint density at radius 2 is 2.16 bits per heavy atom. The molecule has 0 aromatic heterocycles. The van der Waals surface area contributed by atoms with Crippen LogP contribution in [0.5, 0.6) is 0 Å². The van der Waals surface area contributed by atoms with Gasteiger partial charge in [0.1, 0.15) is 0 Å². The number of anilines is 1. The molecule has 0 atom stereocenters. The van der Waals surface area contributed by atoms with Crippen molar-refractivity contribution in [3.05, 3.63) is 28.2 Å². The van der Waals surface area contributed by atoms with Gasteiger partial charge >= 0.3 is 0 Å². The van der Waals surface area contributed by atoms with Crippen LogP contribution in [0.15, 0.2) is 22.7 Å². The summed E-state index contributed by atoms with van der Waals surface area (Å²) in [6, 6.07) is 5.32. The van der Waals surface area contributed by atoms with Gasteiger partial charge in [-0.1, -0.05) is 15.9 Å². The lowest BCUT2D eigenvalue weighted by molar-refractivity contribution is 0.0950. The standard InChI is InChI=1S/C13H18BrN3OS/c14-10-1-2-12(15)11(9-10)13(18)16-3-4-17-5-7-19-8-6-17/h1-2,9H,3-8,15H2,(H,16,18). The molecule has 1 aromatic rings. The smallest absolute Gasteiger partial charge is 0.253 e. The summed E-state index contributed by atoms with van der Waals surface area (Å²) in [6.45, 7) is 3.79. The van der Waals surface area contributed by atoms with Crippen LogP contribution in [0.4, 0.5) is 5.69 Å². The molecule has 1 aromatic carbocycles. The molecule has 1 heterocycles. The third-order valence-electron chi connectivity index (χ3n) is 3.08. The van der Waals surface area contributed by atoms with Crippen LogP contribution in [0.2, 0.25) is 0 Å². The zero-order valence-electron chi connectivity index (χ0n) is 10.7. The average molecular weight is 344 g/mol. The number of carbonyl (C=O) groups excluding carboxylic acids is 1. The molecule has 19 heavy (non-hydrogen) atoms. The van der Waals surface area contributed by atoms with Crippen molar-refractivity contribution in [3.63, 3.8) is 0 Å². The van der Waals surface area contributed by atoms with Crippen molar-refractivity contribution in [1.82, 2.24) is 10.2 Å². The van der Waals surface area contributed by atoms with Crippen LogP contribution in [0.25, 0.3) is 0 Å². The number of carbonyl (C=O) groups is 1. The number of thioether (sulfide) groups is 1. The van der Waals surface area contributed by atoms with Crippen molar-refractivity contribution in [2.45, 2.75) is 0 Å². The number of amides is 1. The summed E-state index contributed by atoms with van der Waals surface area (Å²) < 4.78 is 0.861. The Hall–Kier alpha value is -0.720. The molecule has 1 amide bonds. The molecule has 1 saturated heterocycles. The summed E-state index contributed by atoms with van der Waals surface area (Å²) in [5, 5.41) is 2.93. The second kappa shape index (κ2) is 7.17. The fraction of sp³-hybridized carbons (Fsp3) is 0.462. The maximum Gasteiger partial charge on any atom is 0.253 e. The van der Waals surface area contributed by atoms with Gasteiger partial charge in [0.2, 0.25) is 0 Å². The number of nitrogen functional groups attached to an aromatic ring is 1. The quantitative estimate of drug-likeness (QED) is 0.818. The van der Waals surface area contributed by atoms with E-state index >= 15 is 0 Å². The van der Waals surface area contributed by atoms with Gasteiger partial charge in [-0.3, -0.25) is 9.69 Å². The minimum atomic E-state index is -0.106. The first-order chi connectivity index (χ1) is 9.16. The maximum absolute atomic E-state index is 12.0. The molecule has 0 aliphatic carbocycles. The summed E-state index contributed by atoms with van der Waals surface area (Å²) in [6.07, 6.45) is 0. The molecule has 3 N–H and O–H groups in total. The second-order valence-electron chi connectivity index (χ2n) is 4.44. The van der Waals surface area contributed by atoms with Gasteiger partial charge in [-0.2, -0.15) is 11.8 Å². The van der Waals surface area contributed by atoms with Crippen LogP contribution in [-0.2, 0) is 0 Å². The van der Waals surface area contributed by atoms with Crippen molar-refractivity contribution in [1.29, 1.82) is 0 Å². The third kappa shape index (κ3) is 4.40. The summed E-state index contributed by atoms with van der Waals surface area (Å²) in [4.78, 5) is 14.4. The Kier molecular flexibility index (Phi) is 5.54. The van der Waals surface area contributed by atoms with Crippen molar-refractivity contribution in [3.8, 4) is 0 Å². The lowest BCUT2D eigenvalue weighted by Gasteiger charge is -2.26. The lowest BCUT2D eigenvalue weighted by Crippen LogP contribution is -2.39. The maximum atomic E-state index is 12.0. The first kappa shape index (κ1) is 14.7. The van der Waals surface area contributed by atoms with Crippen LogP contribution in [0.3, 0.4) is 0 Å². The highest BCUT2D eigenvalue weighted by Gasteiger charge is 2.12. The van der Waals surface area contributed by atoms with E-state index in [9.17, 15) is 4.79 Å². The van der Waals surface area contributed by atoms with E-state index in [-0.39, 0.29) is 5.91 Å². The minimum absolute atomic E-state index is 0.106. The summed E-state index contributed by atoms with van der Waals surface area (Å²) >= 11 is 5.34. The molecule has 0 radical (unpaired) electrons. The summed E-state index contributed by atoms with van der Waals surface area (Å²) in [7, 11) is 0. The molecule has 104 valence electrons. The van der Waals surface area contributed by atoms with Crippen LogP contribution < -0.4 is 11.1 Å². The monoisotopic (exact) mass is 343 g/mol. The van der Waals surface area contributed by atoms with Gasteiger partial charge in [0.15, 0.2) is 0 Å². The molecule has 0 unspecified atom stereocenters. The molecule has 2 rings (SSSR count). The number of benzene rings is 1. The van der Waals surface area contributed by atoms with Gasteiger partial charge in [0.25, 0.3) is 5.91 Å². The molecular formula is C13H18BrN3OS. The molecule has 1 fully saturated rings. The van der Waals surface area contributed by atoms with E-state index in [0.29, 0.717) is 17.8 Å². The average Bonchev–Trinajstić information content (AvgIpc) is 2.42. The predicted molar refractivity (Wildman–Crippen MR) is 84.7 cm³/mol. The van der Waals surface area contributed by atoms with Gasteiger partial charge in [-0.05, 0) is 18.2 Å². The fourth-order valence-electron chi connectivity index (χ4n) is 1.97. The van der Waals surface area contributed by atoms with Crippen molar-refractivity contribution in [2.24, 2.45) is 0 Å². The van der Waals surface area contributed by atoms with Crippen molar-refractivity contribution < 1.29 is 4.79 Å². The topological polar surface area (TPSA) is 58.4 Å². The molecule has 1 aliphatic heterocycles. The Labute approximate surface area is 126 Å². The van der Waals surface area contributed by atoms with E-state index in [1.54, 1.807) is 12.1 Å². The van der Waals surface area contributed by atoms with Crippen molar-refractivity contribution >= 4 is 39.3 Å². The number of halogens is 1. The summed E-state index contributed by atoms with van der Waals surface area (Å²) in [5.41, 5.74) is 6.85. The van der Waals surface area contributed by atoms with E-state index in [4.69, 9.17) is 5.73 Å². The zero-order valence-corrected chi connectivity index (χ0v) is 13.1. The predicted octanol–water partition coefficient (Wildman–Crippen LogP) is 1.81. The second-order valence-corrected chi connectivity index (χ2v) is 6.58. The van der Waals surface area contributed by atoms with Crippen LogP contribution in [0, 0.1) is 0 Å². The van der Waals surface area contributed by atoms with Gasteiger partial charge in [0, 0.05) is 47.8 Å². The zero-order chi connectivity index (χ0) is 13.7. The number of nitrogens with two attached hydrogens (primary N) is 1. The number of rotatable bonds is 4. The first-order valence-electron chi connectivity index (χ1n) is 6.30. The van der Waals surface area contributed by atoms with Crippen LogP contribution in [0.1, 0.15) is 10.4 Å². The lowest BCUT2D eigenvalue weighted by atomic mass is 10.1. The number of nitrogens with zero attached hydrogens (tertiary/aromatic N) is 1. The van der Waals surface area contributed by atoms with E-state index in [1.165, 1.54) is 11.5 Å². The highest BCUT2D eigenvalue weighted by molar-refractivity contribution is 9.10. The largest absolute Gasteiger partial charge is 0.398 e. The van der Waals surface area contributed by atoms with Crippen molar-refractivity contribution in [2.75, 3.05) is 43.4 Å². The Balaban J connectivity index is 1.82. The first-order valence-corrected chi connectivity index (χ1v) is 8.25. The van der Waals surface area contributed by atoms with E-state index < -0.39 is 0 Å². The molecule has 6 heteroatoms. The minimum Gasteiger partial charge on any atom is -0.398 e. The van der Waals surface area contributed by atoms with E-state index in [0.717, 1.165) is 24.1 Å². The molecule has 1 aliphatic rings. The summed E-state index contributed by atoms with van der Waals surface area (Å²) in [5.74, 6) is 2.27. The highest BCUT2D eigenvalue weighted by atomic mass is 79.9. The van der Waals surface area contributed by atoms with Gasteiger partial charge in [0.05, 0.1) is 5.56 Å². The van der Waals surface area contributed by atoms with Crippen LogP contribution in [-0.4, -0.2) is 48.5 Å². The number of nitrogens with one attached hydrogen (secondary N) is 1. The normalized spacial score (nSPS) is 16.3.